The molecule has 4 rings (SSSR count). The molecule has 0 bridgehead atoms. The first kappa shape index (κ1) is 13.1. The van der Waals surface area contributed by atoms with E-state index in [2.05, 4.69) is 16.3 Å². The molecule has 22 heavy (non-hydrogen) atoms. The number of H-pyrrole nitrogens is 1. The maximum Gasteiger partial charge on any atom is 0.244 e. The number of rotatable bonds is 2. The molecular weight excluding hydrogens is 316 g/mol. The third-order valence-electron chi connectivity index (χ3n) is 3.58. The van der Waals surface area contributed by atoms with Crippen molar-refractivity contribution in [2.75, 3.05) is 0 Å². The van der Waals surface area contributed by atoms with Crippen LogP contribution in [0.5, 0.6) is 5.88 Å². The van der Waals surface area contributed by atoms with Gasteiger partial charge in [-0.1, -0.05) is 6.07 Å². The van der Waals surface area contributed by atoms with Crippen LogP contribution in [-0.2, 0) is 0 Å². The van der Waals surface area contributed by atoms with Gasteiger partial charge in [0.1, 0.15) is 11.6 Å². The van der Waals surface area contributed by atoms with Crippen molar-refractivity contribution in [2.24, 2.45) is 5.73 Å². The number of allylic oxidation sites excluding steroid dienone is 1. The fraction of sp³-hybridized carbons (Fsp3) is 0.0667. The zero-order valence-electron chi connectivity index (χ0n) is 11.2. The Morgan fingerprint density at radius 1 is 1.36 bits per heavy atom. The molecule has 108 valence electrons. The number of thiophene rings is 2. The molecule has 0 unspecified atom stereocenters. The fourth-order valence-corrected chi connectivity index (χ4v) is 4.05. The zero-order valence-corrected chi connectivity index (χ0v) is 12.9. The normalized spacial score (nSPS) is 17.0. The summed E-state index contributed by atoms with van der Waals surface area (Å²) in [6, 6.07) is 8.18. The van der Waals surface area contributed by atoms with Crippen molar-refractivity contribution >= 4 is 22.7 Å². The van der Waals surface area contributed by atoms with E-state index in [4.69, 9.17) is 10.5 Å². The van der Waals surface area contributed by atoms with Gasteiger partial charge in [0.05, 0.1) is 22.1 Å². The second-order valence-corrected chi connectivity index (χ2v) is 6.50. The van der Waals surface area contributed by atoms with Gasteiger partial charge in [-0.25, -0.2) is 0 Å². The number of nitriles is 1. The monoisotopic (exact) mass is 326 g/mol. The maximum absolute atomic E-state index is 9.52. The summed E-state index contributed by atoms with van der Waals surface area (Å²) in [7, 11) is 0. The molecule has 0 radical (unpaired) electrons. The highest BCUT2D eigenvalue weighted by Gasteiger charge is 2.35. The number of nitrogens with two attached hydrogens (primary N) is 1. The molecule has 4 heterocycles. The van der Waals surface area contributed by atoms with Crippen LogP contribution in [-0.4, -0.2) is 10.2 Å². The van der Waals surface area contributed by atoms with Crippen molar-refractivity contribution < 1.29 is 4.74 Å². The molecule has 0 saturated carbocycles. The lowest BCUT2D eigenvalue weighted by atomic mass is 9.85. The minimum atomic E-state index is -0.254. The Morgan fingerprint density at radius 3 is 2.95 bits per heavy atom. The van der Waals surface area contributed by atoms with Crippen LogP contribution in [0.2, 0.25) is 0 Å². The Bertz CT molecular complexity index is 885. The second kappa shape index (κ2) is 5.02. The molecule has 3 aromatic rings. The van der Waals surface area contributed by atoms with E-state index in [-0.39, 0.29) is 11.8 Å². The third kappa shape index (κ3) is 1.85. The van der Waals surface area contributed by atoms with E-state index in [1.54, 1.807) is 22.7 Å². The average Bonchev–Trinajstić information content (AvgIpc) is 3.26. The van der Waals surface area contributed by atoms with Crippen LogP contribution in [0, 0.1) is 11.3 Å². The number of fused-ring (bicyclic) bond motifs is 1. The molecule has 3 N–H and O–H groups in total. The Labute approximate surface area is 134 Å². The minimum Gasteiger partial charge on any atom is -0.420 e. The number of hydrogen-bond donors (Lipinski definition) is 2. The smallest absolute Gasteiger partial charge is 0.244 e. The second-order valence-electron chi connectivity index (χ2n) is 4.78. The number of ether oxygens (including phenoxy) is 1. The van der Waals surface area contributed by atoms with Gasteiger partial charge in [0.15, 0.2) is 0 Å². The van der Waals surface area contributed by atoms with Gasteiger partial charge < -0.3 is 10.5 Å². The Kier molecular flexibility index (Phi) is 2.99. The first-order valence-corrected chi connectivity index (χ1v) is 8.33. The molecule has 7 heteroatoms. The van der Waals surface area contributed by atoms with Crippen LogP contribution >= 0.6 is 22.7 Å². The lowest BCUT2D eigenvalue weighted by Gasteiger charge is -2.22. The summed E-state index contributed by atoms with van der Waals surface area (Å²) in [4.78, 5) is 1.05. The number of nitrogens with zero attached hydrogens (tertiary/aromatic N) is 2. The molecule has 1 aliphatic rings. The van der Waals surface area contributed by atoms with Gasteiger partial charge in [-0.2, -0.15) is 16.6 Å². The van der Waals surface area contributed by atoms with Gasteiger partial charge in [0, 0.05) is 0 Å². The summed E-state index contributed by atoms with van der Waals surface area (Å²) in [6.45, 7) is 0. The lowest BCUT2D eigenvalue weighted by Crippen LogP contribution is -2.20. The van der Waals surface area contributed by atoms with Crippen molar-refractivity contribution in [3.8, 4) is 22.5 Å². The summed E-state index contributed by atoms with van der Waals surface area (Å²) in [5.41, 5.74) is 9.10. The lowest BCUT2D eigenvalue weighted by molar-refractivity contribution is 0.379. The van der Waals surface area contributed by atoms with E-state index in [0.717, 1.165) is 21.7 Å². The van der Waals surface area contributed by atoms with Gasteiger partial charge in [-0.05, 0) is 33.8 Å². The van der Waals surface area contributed by atoms with Crippen molar-refractivity contribution in [3.63, 3.8) is 0 Å². The van der Waals surface area contributed by atoms with Crippen molar-refractivity contribution in [2.45, 2.75) is 5.92 Å². The number of aromatic amines is 1. The van der Waals surface area contributed by atoms with E-state index in [9.17, 15) is 5.26 Å². The molecule has 0 aromatic carbocycles. The Morgan fingerprint density at radius 2 is 2.27 bits per heavy atom. The van der Waals surface area contributed by atoms with Crippen LogP contribution in [0.4, 0.5) is 0 Å². The highest BCUT2D eigenvalue weighted by Crippen LogP contribution is 2.46. The molecule has 1 atom stereocenters. The van der Waals surface area contributed by atoms with Gasteiger partial charge >= 0.3 is 0 Å². The number of aromatic nitrogens is 2. The molecule has 0 spiro atoms. The summed E-state index contributed by atoms with van der Waals surface area (Å²) in [5, 5.41) is 22.8. The van der Waals surface area contributed by atoms with Crippen molar-refractivity contribution in [1.82, 2.24) is 10.2 Å². The fourth-order valence-electron chi connectivity index (χ4n) is 2.63. The summed E-state index contributed by atoms with van der Waals surface area (Å²) >= 11 is 3.19. The molecule has 0 aliphatic carbocycles. The molecule has 3 aromatic heterocycles. The Hall–Kier alpha value is -2.56. The van der Waals surface area contributed by atoms with Gasteiger partial charge in [0.2, 0.25) is 11.8 Å². The molecule has 0 amide bonds. The van der Waals surface area contributed by atoms with E-state index in [1.807, 2.05) is 34.3 Å². The summed E-state index contributed by atoms with van der Waals surface area (Å²) < 4.78 is 5.54. The minimum absolute atomic E-state index is 0.121. The number of nitrogens with one attached hydrogen (secondary N) is 1. The summed E-state index contributed by atoms with van der Waals surface area (Å²) in [5.74, 6) is 0.308. The first-order valence-electron chi connectivity index (χ1n) is 6.51. The van der Waals surface area contributed by atoms with Crippen LogP contribution < -0.4 is 10.5 Å². The average molecular weight is 326 g/mol. The van der Waals surface area contributed by atoms with Crippen molar-refractivity contribution in [1.29, 1.82) is 5.26 Å². The van der Waals surface area contributed by atoms with E-state index in [0.29, 0.717) is 11.5 Å². The van der Waals surface area contributed by atoms with Crippen molar-refractivity contribution in [3.05, 3.63) is 56.9 Å². The van der Waals surface area contributed by atoms with Crippen LogP contribution in [0.25, 0.3) is 10.6 Å². The molecule has 0 saturated heterocycles. The molecule has 0 fully saturated rings. The summed E-state index contributed by atoms with van der Waals surface area (Å²) in [6.07, 6.45) is 0. The van der Waals surface area contributed by atoms with Crippen LogP contribution in [0.1, 0.15) is 17.0 Å². The van der Waals surface area contributed by atoms with E-state index in [1.165, 1.54) is 0 Å². The van der Waals surface area contributed by atoms with Crippen LogP contribution in [0.3, 0.4) is 0 Å². The predicted octanol–water partition coefficient (Wildman–Crippen LogP) is 3.42. The largest absolute Gasteiger partial charge is 0.420 e. The zero-order chi connectivity index (χ0) is 15.1. The molecular formula is C15H10N4OS2. The third-order valence-corrected chi connectivity index (χ3v) is 5.17. The molecule has 1 aliphatic heterocycles. The molecule has 5 nitrogen and oxygen atoms in total. The van der Waals surface area contributed by atoms with E-state index < -0.39 is 0 Å². The van der Waals surface area contributed by atoms with E-state index >= 15 is 0 Å². The topological polar surface area (TPSA) is 87.7 Å². The number of hydrogen-bond acceptors (Lipinski definition) is 6. The van der Waals surface area contributed by atoms with Gasteiger partial charge in [-0.15, -0.1) is 16.4 Å². The predicted molar refractivity (Wildman–Crippen MR) is 85.5 cm³/mol. The first-order chi connectivity index (χ1) is 10.8. The maximum atomic E-state index is 9.52. The van der Waals surface area contributed by atoms with Crippen LogP contribution in [0.15, 0.2) is 45.8 Å². The van der Waals surface area contributed by atoms with Gasteiger partial charge in [0.25, 0.3) is 0 Å². The highest BCUT2D eigenvalue weighted by atomic mass is 32.1. The highest BCUT2D eigenvalue weighted by molar-refractivity contribution is 7.13. The quantitative estimate of drug-likeness (QED) is 0.755. The SMILES string of the molecule is N#CC1=C(N)Oc2n[nH]c(-c3cccs3)c2[C@@H]1c1ccsc1. The van der Waals surface area contributed by atoms with Gasteiger partial charge in [-0.3, -0.25) is 5.10 Å². The Balaban J connectivity index is 1.97. The standard InChI is InChI=1S/C15H10N4OS2/c16-6-9-11(8-3-5-21-7-8)12-13(10-2-1-4-22-10)18-19-15(12)20-14(9)17/h1-5,7,11H,17H2,(H,18,19)/t11-/m1/s1.